The quantitative estimate of drug-likeness (QED) is 0.833. The summed E-state index contributed by atoms with van der Waals surface area (Å²) >= 11 is 0. The van der Waals surface area contributed by atoms with Crippen molar-refractivity contribution in [1.82, 2.24) is 15.2 Å². The highest BCUT2D eigenvalue weighted by atomic mass is 16.5. The van der Waals surface area contributed by atoms with Crippen molar-refractivity contribution in [2.24, 2.45) is 0 Å². The number of aromatic nitrogens is 1. The zero-order valence-corrected chi connectivity index (χ0v) is 10.7. The third-order valence-corrected chi connectivity index (χ3v) is 3.14. The molecule has 1 aliphatic heterocycles. The maximum absolute atomic E-state index is 11.3. The average molecular weight is 265 g/mol. The van der Waals surface area contributed by atoms with Gasteiger partial charge in [0.2, 0.25) is 0 Å². The molecule has 1 aromatic heterocycles. The molecule has 1 saturated heterocycles. The van der Waals surface area contributed by atoms with E-state index in [-0.39, 0.29) is 18.1 Å². The van der Waals surface area contributed by atoms with E-state index in [0.29, 0.717) is 18.0 Å². The summed E-state index contributed by atoms with van der Waals surface area (Å²) in [6.07, 6.45) is 0.338. The van der Waals surface area contributed by atoms with Crippen LogP contribution < -0.4 is 10.1 Å². The van der Waals surface area contributed by atoms with Crippen molar-refractivity contribution in [3.05, 3.63) is 24.0 Å². The Kier molecular flexibility index (Phi) is 3.55. The maximum Gasteiger partial charge on any atom is 0.407 e. The number of carbonyl (C=O) groups is 2. The van der Waals surface area contributed by atoms with Crippen molar-refractivity contribution < 1.29 is 19.4 Å². The van der Waals surface area contributed by atoms with E-state index in [4.69, 9.17) is 9.84 Å². The lowest BCUT2D eigenvalue weighted by Gasteiger charge is -2.43. The van der Waals surface area contributed by atoms with E-state index in [1.807, 2.05) is 0 Å². The van der Waals surface area contributed by atoms with Gasteiger partial charge in [0.05, 0.1) is 18.8 Å². The average Bonchev–Trinajstić information content (AvgIpc) is 2.41. The van der Waals surface area contributed by atoms with Gasteiger partial charge in [0.25, 0.3) is 5.91 Å². The van der Waals surface area contributed by atoms with Gasteiger partial charge in [-0.05, 0) is 19.1 Å². The van der Waals surface area contributed by atoms with Gasteiger partial charge in [0.1, 0.15) is 17.5 Å². The standard InChI is InChI=1S/C12H15N3O4/c1-7-10(6-15(7)12(17)18)19-8-3-4-9(14-5-8)11(16)13-2/h3-5,7,10H,6H2,1-2H3,(H,13,16)(H,17,18)/t7-,10-/m1/s1. The van der Waals surface area contributed by atoms with Gasteiger partial charge in [-0.3, -0.25) is 9.69 Å². The second-order valence-corrected chi connectivity index (χ2v) is 4.29. The van der Waals surface area contributed by atoms with Crippen LogP contribution in [0.15, 0.2) is 18.3 Å². The Labute approximate surface area is 110 Å². The molecule has 19 heavy (non-hydrogen) atoms. The van der Waals surface area contributed by atoms with Gasteiger partial charge in [-0.2, -0.15) is 0 Å². The van der Waals surface area contributed by atoms with Crippen molar-refractivity contribution in [2.75, 3.05) is 13.6 Å². The van der Waals surface area contributed by atoms with E-state index in [1.54, 1.807) is 19.1 Å². The summed E-state index contributed by atoms with van der Waals surface area (Å²) in [4.78, 5) is 27.3. The lowest BCUT2D eigenvalue weighted by Crippen LogP contribution is -2.62. The predicted molar refractivity (Wildman–Crippen MR) is 66.2 cm³/mol. The van der Waals surface area contributed by atoms with E-state index in [2.05, 4.69) is 10.3 Å². The first kappa shape index (κ1) is 13.1. The normalized spacial score (nSPS) is 21.5. The fourth-order valence-electron chi connectivity index (χ4n) is 1.85. The first-order valence-corrected chi connectivity index (χ1v) is 5.87. The Morgan fingerprint density at radius 1 is 1.53 bits per heavy atom. The lowest BCUT2D eigenvalue weighted by molar-refractivity contribution is -0.0226. The summed E-state index contributed by atoms with van der Waals surface area (Å²) in [5, 5.41) is 11.3. The molecule has 1 aliphatic rings. The molecular formula is C12H15N3O4. The number of carboxylic acid groups (broad SMARTS) is 1. The number of hydrogen-bond acceptors (Lipinski definition) is 4. The van der Waals surface area contributed by atoms with Crippen LogP contribution in [0.5, 0.6) is 5.75 Å². The van der Waals surface area contributed by atoms with Crippen molar-refractivity contribution in [3.63, 3.8) is 0 Å². The first-order chi connectivity index (χ1) is 9.02. The Balaban J connectivity index is 1.94. The van der Waals surface area contributed by atoms with Gasteiger partial charge in [0, 0.05) is 7.05 Å². The molecule has 2 atom stereocenters. The van der Waals surface area contributed by atoms with Crippen LogP contribution in [0.4, 0.5) is 4.79 Å². The minimum absolute atomic E-state index is 0.177. The fraction of sp³-hybridized carbons (Fsp3) is 0.417. The first-order valence-electron chi connectivity index (χ1n) is 5.87. The number of carbonyl (C=O) groups excluding carboxylic acids is 1. The molecule has 0 bridgehead atoms. The van der Waals surface area contributed by atoms with E-state index < -0.39 is 6.09 Å². The Morgan fingerprint density at radius 3 is 2.74 bits per heavy atom. The molecule has 2 amide bonds. The molecule has 0 unspecified atom stereocenters. The summed E-state index contributed by atoms with van der Waals surface area (Å²) in [6.45, 7) is 2.13. The molecule has 1 aromatic rings. The van der Waals surface area contributed by atoms with E-state index in [1.165, 1.54) is 18.1 Å². The van der Waals surface area contributed by atoms with E-state index >= 15 is 0 Å². The number of nitrogens with zero attached hydrogens (tertiary/aromatic N) is 2. The number of ether oxygens (including phenoxy) is 1. The lowest BCUT2D eigenvalue weighted by atomic mass is 10.0. The summed E-state index contributed by atoms with van der Waals surface area (Å²) in [7, 11) is 1.53. The minimum Gasteiger partial charge on any atom is -0.485 e. The van der Waals surface area contributed by atoms with Crippen LogP contribution in [0, 0.1) is 0 Å². The van der Waals surface area contributed by atoms with Crippen molar-refractivity contribution in [2.45, 2.75) is 19.1 Å². The van der Waals surface area contributed by atoms with Crippen LogP contribution in [0.1, 0.15) is 17.4 Å². The topological polar surface area (TPSA) is 91.8 Å². The summed E-state index contributed by atoms with van der Waals surface area (Å²) in [6, 6.07) is 3.02. The number of hydrogen-bond donors (Lipinski definition) is 2. The molecule has 0 saturated carbocycles. The SMILES string of the molecule is CNC(=O)c1ccc(O[C@@H]2CN(C(=O)O)[C@@H]2C)cn1. The largest absolute Gasteiger partial charge is 0.485 e. The number of rotatable bonds is 3. The number of pyridine rings is 1. The van der Waals surface area contributed by atoms with Crippen LogP contribution >= 0.6 is 0 Å². The van der Waals surface area contributed by atoms with Gasteiger partial charge in [-0.25, -0.2) is 9.78 Å². The molecule has 2 N–H and O–H groups in total. The highest BCUT2D eigenvalue weighted by Crippen LogP contribution is 2.23. The Hall–Kier alpha value is -2.31. The van der Waals surface area contributed by atoms with Gasteiger partial charge in [-0.1, -0.05) is 0 Å². The van der Waals surface area contributed by atoms with Crippen LogP contribution in [0.25, 0.3) is 0 Å². The molecule has 2 heterocycles. The number of nitrogens with one attached hydrogen (secondary N) is 1. The maximum atomic E-state index is 11.3. The van der Waals surface area contributed by atoms with Crippen LogP contribution in [0.3, 0.4) is 0 Å². The highest BCUT2D eigenvalue weighted by molar-refractivity contribution is 5.91. The molecule has 0 spiro atoms. The Morgan fingerprint density at radius 2 is 2.26 bits per heavy atom. The monoisotopic (exact) mass is 265 g/mol. The second kappa shape index (κ2) is 5.13. The molecule has 0 radical (unpaired) electrons. The van der Waals surface area contributed by atoms with Gasteiger partial charge >= 0.3 is 6.09 Å². The second-order valence-electron chi connectivity index (χ2n) is 4.29. The molecule has 102 valence electrons. The summed E-state index contributed by atoms with van der Waals surface area (Å²) in [5.41, 5.74) is 0.309. The third-order valence-electron chi connectivity index (χ3n) is 3.14. The predicted octanol–water partition coefficient (Wildman–Crippen LogP) is 0.571. The highest BCUT2D eigenvalue weighted by Gasteiger charge is 2.40. The molecule has 1 fully saturated rings. The Bertz CT molecular complexity index is 488. The minimum atomic E-state index is -0.944. The zero-order valence-electron chi connectivity index (χ0n) is 10.7. The molecule has 0 aromatic carbocycles. The molecule has 7 heteroatoms. The molecular weight excluding hydrogens is 250 g/mol. The number of likely N-dealkylation sites (tertiary alicyclic amines) is 1. The van der Waals surface area contributed by atoms with Gasteiger partial charge in [-0.15, -0.1) is 0 Å². The van der Waals surface area contributed by atoms with Crippen LogP contribution in [-0.2, 0) is 0 Å². The van der Waals surface area contributed by atoms with Gasteiger partial charge < -0.3 is 15.2 Å². The smallest absolute Gasteiger partial charge is 0.407 e. The van der Waals surface area contributed by atoms with Crippen molar-refractivity contribution >= 4 is 12.0 Å². The van der Waals surface area contributed by atoms with Crippen LogP contribution in [0.2, 0.25) is 0 Å². The number of amides is 2. The van der Waals surface area contributed by atoms with E-state index in [0.717, 1.165) is 0 Å². The fourth-order valence-corrected chi connectivity index (χ4v) is 1.85. The summed E-state index contributed by atoms with van der Waals surface area (Å²) < 4.78 is 5.61. The molecule has 7 nitrogen and oxygen atoms in total. The molecule has 0 aliphatic carbocycles. The zero-order chi connectivity index (χ0) is 14.0. The van der Waals surface area contributed by atoms with Crippen LogP contribution in [-0.4, -0.2) is 52.7 Å². The van der Waals surface area contributed by atoms with Crippen molar-refractivity contribution in [3.8, 4) is 5.75 Å². The molecule has 2 rings (SSSR count). The van der Waals surface area contributed by atoms with E-state index in [9.17, 15) is 9.59 Å². The summed E-state index contributed by atoms with van der Waals surface area (Å²) in [5.74, 6) is 0.259. The third kappa shape index (κ3) is 2.59. The van der Waals surface area contributed by atoms with Gasteiger partial charge in [0.15, 0.2) is 0 Å². The van der Waals surface area contributed by atoms with Crippen molar-refractivity contribution in [1.29, 1.82) is 0 Å².